The molecule has 0 spiro atoms. The van der Waals surface area contributed by atoms with Crippen LogP contribution in [0, 0.1) is 5.92 Å². The van der Waals surface area contributed by atoms with E-state index >= 15 is 4.39 Å². The van der Waals surface area contributed by atoms with Crippen molar-refractivity contribution in [1.29, 1.82) is 0 Å². The highest BCUT2D eigenvalue weighted by Crippen LogP contribution is 2.50. The normalized spacial score (nSPS) is 25.1. The van der Waals surface area contributed by atoms with Crippen LogP contribution < -0.4 is 4.90 Å². The zero-order chi connectivity index (χ0) is 26.5. The Kier molecular flexibility index (Phi) is 7.29. The lowest BCUT2D eigenvalue weighted by molar-refractivity contribution is -0.0271. The Balaban J connectivity index is 2.14. The summed E-state index contributed by atoms with van der Waals surface area (Å²) in [5, 5.41) is -2.46. The van der Waals surface area contributed by atoms with Crippen molar-refractivity contribution >= 4 is 52.5 Å². The van der Waals surface area contributed by atoms with Crippen molar-refractivity contribution in [2.45, 2.75) is 90.5 Å². The Morgan fingerprint density at radius 1 is 1.17 bits per heavy atom. The number of ether oxygens (including phenoxy) is 3. The number of halogens is 3. The fraction of sp³-hybridized carbons (Fsp3) is 0.682. The molecular weight excluding hydrogens is 504 g/mol. The van der Waals surface area contributed by atoms with E-state index < -0.39 is 52.7 Å². The Labute approximate surface area is 213 Å². The van der Waals surface area contributed by atoms with Crippen molar-refractivity contribution in [2.75, 3.05) is 4.90 Å². The van der Waals surface area contributed by atoms with E-state index in [1.165, 1.54) is 10.9 Å². The molecule has 35 heavy (non-hydrogen) atoms. The van der Waals surface area contributed by atoms with Crippen LogP contribution in [0.5, 0.6) is 0 Å². The van der Waals surface area contributed by atoms with Gasteiger partial charge in [0, 0.05) is 5.92 Å². The van der Waals surface area contributed by atoms with Crippen LogP contribution in [0.25, 0.3) is 11.2 Å². The van der Waals surface area contributed by atoms with Crippen LogP contribution in [0.3, 0.4) is 0 Å². The maximum absolute atomic E-state index is 15.5. The SMILES string of the molecule is CC[C@H]1OC(n2cnc3c(Cl)nc(N(C(=O)OC(C)(C)C)C(=O)OC(C)(C)C)nc32)[C@](F)(Cl)C1C. The highest BCUT2D eigenvalue weighted by molar-refractivity contribution is 6.33. The van der Waals surface area contributed by atoms with Crippen molar-refractivity contribution < 1.29 is 28.2 Å². The van der Waals surface area contributed by atoms with E-state index in [4.69, 9.17) is 37.4 Å². The first-order chi connectivity index (χ1) is 16.0. The highest BCUT2D eigenvalue weighted by atomic mass is 35.5. The van der Waals surface area contributed by atoms with Crippen molar-refractivity contribution in [2.24, 2.45) is 5.92 Å². The van der Waals surface area contributed by atoms with E-state index in [0.717, 1.165) is 0 Å². The predicted molar refractivity (Wildman–Crippen MR) is 128 cm³/mol. The molecule has 3 rings (SSSR count). The molecular formula is C22H30Cl2FN5O5. The molecule has 2 unspecified atom stereocenters. The number of aromatic nitrogens is 4. The summed E-state index contributed by atoms with van der Waals surface area (Å²) in [4.78, 5) is 39.0. The topological polar surface area (TPSA) is 109 Å². The Morgan fingerprint density at radius 2 is 1.71 bits per heavy atom. The number of carbonyl (C=O) groups excluding carboxylic acids is 2. The van der Waals surface area contributed by atoms with Gasteiger partial charge in [-0.05, 0) is 48.0 Å². The molecule has 1 aliphatic rings. The first-order valence-electron chi connectivity index (χ1n) is 11.2. The molecule has 2 amide bonds. The second-order valence-electron chi connectivity index (χ2n) is 10.3. The predicted octanol–water partition coefficient (Wildman–Crippen LogP) is 6.00. The number of alkyl halides is 2. The van der Waals surface area contributed by atoms with Gasteiger partial charge in [0.2, 0.25) is 11.1 Å². The van der Waals surface area contributed by atoms with Crippen LogP contribution >= 0.6 is 23.2 Å². The van der Waals surface area contributed by atoms with Crippen LogP contribution in [0.4, 0.5) is 19.9 Å². The second kappa shape index (κ2) is 9.33. The largest absolute Gasteiger partial charge is 0.443 e. The third-order valence-electron chi connectivity index (χ3n) is 5.17. The number of anilines is 1. The van der Waals surface area contributed by atoms with Crippen molar-refractivity contribution in [3.05, 3.63) is 11.5 Å². The van der Waals surface area contributed by atoms with Gasteiger partial charge in [0.1, 0.15) is 16.7 Å². The summed E-state index contributed by atoms with van der Waals surface area (Å²) in [5.74, 6) is -1.07. The number of imidazole rings is 1. The van der Waals surface area contributed by atoms with E-state index in [2.05, 4.69) is 15.0 Å². The first-order valence-corrected chi connectivity index (χ1v) is 11.9. The Morgan fingerprint density at radius 3 is 2.17 bits per heavy atom. The lowest BCUT2D eigenvalue weighted by Crippen LogP contribution is -2.44. The van der Waals surface area contributed by atoms with Gasteiger partial charge in [0.25, 0.3) is 0 Å². The number of imide groups is 1. The van der Waals surface area contributed by atoms with E-state index in [9.17, 15) is 9.59 Å². The molecule has 0 radical (unpaired) electrons. The standard InChI is InChI=1S/C22H30Cl2FN5O5/c1-9-12-11(2)22(24,25)16(33-12)29-10-26-13-14(23)27-17(28-15(13)29)30(18(31)34-20(3,4)5)19(32)35-21(6,7)8/h10-12,16H,9H2,1-8H3/t11?,12-,16?,22+/m1/s1. The fourth-order valence-corrected chi connectivity index (χ4v) is 4.05. The summed E-state index contributed by atoms with van der Waals surface area (Å²) in [6.45, 7) is 13.3. The molecule has 0 aromatic carbocycles. The number of hydrogen-bond acceptors (Lipinski definition) is 8. The van der Waals surface area contributed by atoms with Crippen LogP contribution in [0.15, 0.2) is 6.33 Å². The minimum absolute atomic E-state index is 0.00810. The molecule has 194 valence electrons. The van der Waals surface area contributed by atoms with Crippen molar-refractivity contribution in [1.82, 2.24) is 19.5 Å². The van der Waals surface area contributed by atoms with Gasteiger partial charge >= 0.3 is 12.2 Å². The molecule has 0 aliphatic carbocycles. The fourth-order valence-electron chi connectivity index (χ4n) is 3.54. The highest BCUT2D eigenvalue weighted by Gasteiger charge is 2.55. The third kappa shape index (κ3) is 5.62. The zero-order valence-corrected chi connectivity index (χ0v) is 22.4. The summed E-state index contributed by atoms with van der Waals surface area (Å²) in [7, 11) is 0. The van der Waals surface area contributed by atoms with Crippen LogP contribution in [0.2, 0.25) is 5.15 Å². The molecule has 1 fully saturated rings. The molecule has 10 nitrogen and oxygen atoms in total. The zero-order valence-electron chi connectivity index (χ0n) is 20.9. The van der Waals surface area contributed by atoms with E-state index in [0.29, 0.717) is 11.3 Å². The summed E-state index contributed by atoms with van der Waals surface area (Å²) in [6.07, 6.45) is -2.09. The smallest absolute Gasteiger partial charge is 0.427 e. The van der Waals surface area contributed by atoms with Gasteiger partial charge in [0.15, 0.2) is 17.0 Å². The molecule has 0 saturated carbocycles. The van der Waals surface area contributed by atoms with Crippen LogP contribution in [-0.4, -0.2) is 54.1 Å². The van der Waals surface area contributed by atoms with Crippen molar-refractivity contribution in [3.8, 4) is 0 Å². The van der Waals surface area contributed by atoms with Gasteiger partial charge in [-0.1, -0.05) is 37.0 Å². The summed E-state index contributed by atoms with van der Waals surface area (Å²) in [5.41, 5.74) is -1.77. The number of nitrogens with zero attached hydrogens (tertiary/aromatic N) is 5. The number of amides is 2. The summed E-state index contributed by atoms with van der Waals surface area (Å²) >= 11 is 12.6. The van der Waals surface area contributed by atoms with Gasteiger partial charge in [0.05, 0.1) is 12.4 Å². The van der Waals surface area contributed by atoms with E-state index in [1.807, 2.05) is 6.92 Å². The lowest BCUT2D eigenvalue weighted by atomic mass is 9.99. The number of hydrogen-bond donors (Lipinski definition) is 0. The average molecular weight is 534 g/mol. The Hall–Kier alpha value is -2.24. The van der Waals surface area contributed by atoms with Gasteiger partial charge in [-0.3, -0.25) is 4.57 Å². The molecule has 1 saturated heterocycles. The molecule has 4 atom stereocenters. The lowest BCUT2D eigenvalue weighted by Gasteiger charge is -2.27. The minimum Gasteiger partial charge on any atom is -0.443 e. The first kappa shape index (κ1) is 27.3. The molecule has 2 aromatic heterocycles. The molecule has 0 bridgehead atoms. The van der Waals surface area contributed by atoms with E-state index in [1.54, 1.807) is 48.5 Å². The number of rotatable bonds is 3. The minimum atomic E-state index is -2.28. The molecule has 0 N–H and O–H groups in total. The van der Waals surface area contributed by atoms with Gasteiger partial charge < -0.3 is 14.2 Å². The van der Waals surface area contributed by atoms with Crippen molar-refractivity contribution in [3.63, 3.8) is 0 Å². The summed E-state index contributed by atoms with van der Waals surface area (Å²) < 4.78 is 33.4. The van der Waals surface area contributed by atoms with Crippen LogP contribution in [-0.2, 0) is 14.2 Å². The monoisotopic (exact) mass is 533 g/mol. The molecule has 1 aliphatic heterocycles. The second-order valence-corrected chi connectivity index (χ2v) is 11.3. The maximum Gasteiger partial charge on any atom is 0.427 e. The van der Waals surface area contributed by atoms with Gasteiger partial charge in [-0.2, -0.15) is 9.97 Å². The Bertz CT molecular complexity index is 1100. The summed E-state index contributed by atoms with van der Waals surface area (Å²) in [6, 6.07) is 0. The van der Waals surface area contributed by atoms with Crippen LogP contribution in [0.1, 0.15) is 68.0 Å². The molecule has 13 heteroatoms. The molecule has 2 aromatic rings. The third-order valence-corrected chi connectivity index (χ3v) is 5.97. The maximum atomic E-state index is 15.5. The number of carbonyl (C=O) groups is 2. The van der Waals surface area contributed by atoms with Gasteiger partial charge in [-0.15, -0.1) is 4.90 Å². The quantitative estimate of drug-likeness (QED) is 0.348. The van der Waals surface area contributed by atoms with Gasteiger partial charge in [-0.25, -0.2) is 19.0 Å². The molecule has 3 heterocycles. The van der Waals surface area contributed by atoms with E-state index in [-0.39, 0.29) is 16.3 Å². The average Bonchev–Trinajstić information content (AvgIpc) is 3.18. The number of fused-ring (bicyclic) bond motifs is 1.